The molecule has 1 N–H and O–H groups in total. The van der Waals surface area contributed by atoms with Gasteiger partial charge in [0.15, 0.2) is 0 Å². The van der Waals surface area contributed by atoms with Crippen LogP contribution in [0.25, 0.3) is 16.8 Å². The van der Waals surface area contributed by atoms with Crippen molar-refractivity contribution in [3.05, 3.63) is 65.9 Å². The lowest BCUT2D eigenvalue weighted by Gasteiger charge is -2.15. The predicted octanol–water partition coefficient (Wildman–Crippen LogP) is 4.04. The minimum atomic E-state index is -0.163. The zero-order valence-corrected chi connectivity index (χ0v) is 16.7. The fourth-order valence-electron chi connectivity index (χ4n) is 3.79. The highest BCUT2D eigenvalue weighted by Gasteiger charge is 2.21. The molecule has 0 radical (unpaired) electrons. The number of carbonyl (C=O) groups excluding carboxylic acids is 2. The van der Waals surface area contributed by atoms with Gasteiger partial charge >= 0.3 is 0 Å². The number of nitrogens with zero attached hydrogens (tertiary/aromatic N) is 3. The van der Waals surface area contributed by atoms with E-state index in [1.54, 1.807) is 4.68 Å². The van der Waals surface area contributed by atoms with E-state index in [4.69, 9.17) is 0 Å². The van der Waals surface area contributed by atoms with Crippen LogP contribution < -0.4 is 5.32 Å². The predicted molar refractivity (Wildman–Crippen MR) is 113 cm³/mol. The minimum Gasteiger partial charge on any atom is -0.339 e. The summed E-state index contributed by atoms with van der Waals surface area (Å²) >= 11 is 0. The molecular formula is C23H24N4O2. The summed E-state index contributed by atoms with van der Waals surface area (Å²) < 4.78 is 1.73. The molecule has 0 atom stereocenters. The van der Waals surface area contributed by atoms with Crippen molar-refractivity contribution in [1.82, 2.24) is 14.7 Å². The van der Waals surface area contributed by atoms with Gasteiger partial charge in [-0.1, -0.05) is 30.3 Å². The highest BCUT2D eigenvalue weighted by Crippen LogP contribution is 2.33. The van der Waals surface area contributed by atoms with Gasteiger partial charge in [-0.3, -0.25) is 9.59 Å². The Morgan fingerprint density at radius 1 is 0.966 bits per heavy atom. The monoisotopic (exact) mass is 388 g/mol. The number of benzene rings is 2. The third-order valence-corrected chi connectivity index (χ3v) is 5.17. The van der Waals surface area contributed by atoms with E-state index < -0.39 is 0 Å². The van der Waals surface area contributed by atoms with Crippen LogP contribution in [0.2, 0.25) is 0 Å². The van der Waals surface area contributed by atoms with Crippen LogP contribution in [0.3, 0.4) is 0 Å². The Labute approximate surface area is 170 Å². The quantitative estimate of drug-likeness (QED) is 0.733. The molecule has 2 amide bonds. The van der Waals surface area contributed by atoms with Gasteiger partial charge in [0.05, 0.1) is 11.4 Å². The first-order valence-electron chi connectivity index (χ1n) is 9.87. The number of anilines is 1. The summed E-state index contributed by atoms with van der Waals surface area (Å²) in [5.41, 5.74) is 4.15. The molecule has 6 heteroatoms. The van der Waals surface area contributed by atoms with Gasteiger partial charge in [-0.05, 0) is 49.6 Å². The summed E-state index contributed by atoms with van der Waals surface area (Å²) in [6.07, 6.45) is 2.14. The molecule has 1 saturated heterocycles. The number of aromatic nitrogens is 2. The van der Waals surface area contributed by atoms with E-state index in [1.165, 1.54) is 6.92 Å². The van der Waals surface area contributed by atoms with Crippen LogP contribution in [0.5, 0.6) is 0 Å². The van der Waals surface area contributed by atoms with Crippen LogP contribution in [0.15, 0.2) is 54.6 Å². The van der Waals surface area contributed by atoms with Gasteiger partial charge in [-0.15, -0.1) is 0 Å². The number of aryl methyl sites for hydroxylation is 1. The molecule has 4 rings (SSSR count). The summed E-state index contributed by atoms with van der Waals surface area (Å²) in [5, 5.41) is 7.60. The van der Waals surface area contributed by atoms with Crippen LogP contribution in [0.4, 0.5) is 5.82 Å². The number of hydrogen-bond donors (Lipinski definition) is 1. The second kappa shape index (κ2) is 7.91. The van der Waals surface area contributed by atoms with Crippen LogP contribution in [0, 0.1) is 6.92 Å². The first-order chi connectivity index (χ1) is 14.0. The number of amides is 2. The highest BCUT2D eigenvalue weighted by atomic mass is 16.2. The number of hydrogen-bond acceptors (Lipinski definition) is 3. The van der Waals surface area contributed by atoms with Gasteiger partial charge in [-0.2, -0.15) is 5.10 Å². The Bertz CT molecular complexity index is 1030. The molecular weight excluding hydrogens is 364 g/mol. The minimum absolute atomic E-state index is 0.0674. The highest BCUT2D eigenvalue weighted by molar-refractivity contribution is 5.95. The molecule has 0 saturated carbocycles. The van der Waals surface area contributed by atoms with Crippen molar-refractivity contribution in [2.24, 2.45) is 0 Å². The molecule has 0 aliphatic carbocycles. The van der Waals surface area contributed by atoms with Crippen molar-refractivity contribution in [3.8, 4) is 16.8 Å². The molecule has 0 unspecified atom stereocenters. The molecule has 1 aromatic heterocycles. The Morgan fingerprint density at radius 2 is 1.62 bits per heavy atom. The smallest absolute Gasteiger partial charge is 0.253 e. The summed E-state index contributed by atoms with van der Waals surface area (Å²) in [5.74, 6) is 0.529. The fourth-order valence-corrected chi connectivity index (χ4v) is 3.79. The van der Waals surface area contributed by atoms with E-state index in [0.29, 0.717) is 11.4 Å². The van der Waals surface area contributed by atoms with Crippen LogP contribution in [-0.4, -0.2) is 39.6 Å². The van der Waals surface area contributed by atoms with Gasteiger partial charge in [0.1, 0.15) is 5.82 Å². The van der Waals surface area contributed by atoms with E-state index in [2.05, 4.69) is 10.4 Å². The standard InChI is InChI=1S/C23H24N4O2/c1-16-21(18-8-4-3-5-9-18)22(24-17(2)28)27(25-16)20-12-10-19(11-13-20)23(29)26-14-6-7-15-26/h3-5,8-13H,6-7,14-15H2,1-2H3,(H,24,28). The zero-order chi connectivity index (χ0) is 20.4. The molecule has 0 spiro atoms. The van der Waals surface area contributed by atoms with Crippen LogP contribution in [-0.2, 0) is 4.79 Å². The lowest BCUT2D eigenvalue weighted by molar-refractivity contribution is -0.114. The number of carbonyl (C=O) groups is 2. The van der Waals surface area contributed by atoms with Crippen molar-refractivity contribution in [2.75, 3.05) is 18.4 Å². The maximum absolute atomic E-state index is 12.6. The maximum atomic E-state index is 12.6. The Balaban J connectivity index is 1.72. The van der Waals surface area contributed by atoms with E-state index in [9.17, 15) is 9.59 Å². The largest absolute Gasteiger partial charge is 0.339 e. The molecule has 2 heterocycles. The third-order valence-electron chi connectivity index (χ3n) is 5.17. The molecule has 1 aliphatic heterocycles. The fraction of sp³-hybridized carbons (Fsp3) is 0.261. The summed E-state index contributed by atoms with van der Waals surface area (Å²) in [6.45, 7) is 5.06. The van der Waals surface area contributed by atoms with Gasteiger partial charge in [0.25, 0.3) is 5.91 Å². The van der Waals surface area contributed by atoms with E-state index in [-0.39, 0.29) is 11.8 Å². The molecule has 1 fully saturated rings. The molecule has 29 heavy (non-hydrogen) atoms. The maximum Gasteiger partial charge on any atom is 0.253 e. The SMILES string of the molecule is CC(=O)Nc1c(-c2ccccc2)c(C)nn1-c1ccc(C(=O)N2CCCC2)cc1. The first-order valence-corrected chi connectivity index (χ1v) is 9.87. The average molecular weight is 388 g/mol. The second-order valence-electron chi connectivity index (χ2n) is 7.31. The summed E-state index contributed by atoms with van der Waals surface area (Å²) in [6, 6.07) is 17.3. The molecule has 1 aliphatic rings. The number of nitrogens with one attached hydrogen (secondary N) is 1. The zero-order valence-electron chi connectivity index (χ0n) is 16.7. The Kier molecular flexibility index (Phi) is 5.16. The van der Waals surface area contributed by atoms with Crippen molar-refractivity contribution < 1.29 is 9.59 Å². The second-order valence-corrected chi connectivity index (χ2v) is 7.31. The topological polar surface area (TPSA) is 67.2 Å². The van der Waals surface area contributed by atoms with E-state index in [0.717, 1.165) is 48.4 Å². The van der Waals surface area contributed by atoms with Gasteiger partial charge in [0.2, 0.25) is 5.91 Å². The molecule has 0 bridgehead atoms. The van der Waals surface area contributed by atoms with Crippen molar-refractivity contribution in [1.29, 1.82) is 0 Å². The average Bonchev–Trinajstić information content (AvgIpc) is 3.36. The third kappa shape index (κ3) is 3.78. The van der Waals surface area contributed by atoms with Crippen molar-refractivity contribution in [3.63, 3.8) is 0 Å². The summed E-state index contributed by atoms with van der Waals surface area (Å²) in [7, 11) is 0. The van der Waals surface area contributed by atoms with Gasteiger partial charge in [0, 0.05) is 31.1 Å². The molecule has 2 aromatic carbocycles. The Hall–Kier alpha value is -3.41. The molecule has 3 aromatic rings. The van der Waals surface area contributed by atoms with E-state index in [1.807, 2.05) is 66.4 Å². The number of likely N-dealkylation sites (tertiary alicyclic amines) is 1. The first kappa shape index (κ1) is 18.9. The lowest BCUT2D eigenvalue weighted by atomic mass is 10.1. The van der Waals surface area contributed by atoms with E-state index >= 15 is 0 Å². The Morgan fingerprint density at radius 3 is 2.24 bits per heavy atom. The molecule has 6 nitrogen and oxygen atoms in total. The van der Waals surface area contributed by atoms with Crippen molar-refractivity contribution in [2.45, 2.75) is 26.7 Å². The van der Waals surface area contributed by atoms with Crippen molar-refractivity contribution >= 4 is 17.6 Å². The lowest BCUT2D eigenvalue weighted by Crippen LogP contribution is -2.27. The van der Waals surface area contributed by atoms with Crippen LogP contribution in [0.1, 0.15) is 35.8 Å². The number of rotatable bonds is 4. The summed E-state index contributed by atoms with van der Waals surface area (Å²) in [4.78, 5) is 26.4. The van der Waals surface area contributed by atoms with Gasteiger partial charge < -0.3 is 10.2 Å². The normalized spacial score (nSPS) is 13.5. The van der Waals surface area contributed by atoms with Gasteiger partial charge in [-0.25, -0.2) is 4.68 Å². The molecule has 148 valence electrons. The van der Waals surface area contributed by atoms with Crippen LogP contribution >= 0.6 is 0 Å².